The molecule has 27 heavy (non-hydrogen) atoms. The van der Waals surface area contributed by atoms with Crippen LogP contribution in [0.5, 0.6) is 17.6 Å². The number of methoxy groups -OCH3 is 2. The molecule has 0 fully saturated rings. The van der Waals surface area contributed by atoms with Crippen molar-refractivity contribution in [3.8, 4) is 28.8 Å². The van der Waals surface area contributed by atoms with E-state index in [0.717, 1.165) is 39.4 Å². The van der Waals surface area contributed by atoms with Crippen LogP contribution in [-0.2, 0) is 0 Å². The van der Waals surface area contributed by atoms with Gasteiger partial charge in [-0.15, -0.1) is 0 Å². The van der Waals surface area contributed by atoms with Gasteiger partial charge >= 0.3 is 6.01 Å². The van der Waals surface area contributed by atoms with Crippen molar-refractivity contribution in [2.75, 3.05) is 20.8 Å². The molecule has 0 saturated carbocycles. The zero-order valence-corrected chi connectivity index (χ0v) is 15.4. The first-order chi connectivity index (χ1) is 13.2. The van der Waals surface area contributed by atoms with Gasteiger partial charge in [0, 0.05) is 6.20 Å². The quantitative estimate of drug-likeness (QED) is 0.703. The monoisotopic (exact) mass is 361 g/mol. The molecule has 0 amide bonds. The minimum absolute atomic E-state index is 0.273. The predicted octanol–water partition coefficient (Wildman–Crippen LogP) is 3.98. The fraction of sp³-hybridized carbons (Fsp3) is 0.190. The van der Waals surface area contributed by atoms with Crippen molar-refractivity contribution in [1.29, 1.82) is 0 Å². The summed E-state index contributed by atoms with van der Waals surface area (Å²) in [5, 5.41) is 0. The molecule has 1 aromatic heterocycles. The van der Waals surface area contributed by atoms with E-state index in [9.17, 15) is 0 Å². The Kier molecular flexibility index (Phi) is 4.46. The van der Waals surface area contributed by atoms with E-state index in [1.807, 2.05) is 49.4 Å². The van der Waals surface area contributed by atoms with Gasteiger partial charge in [-0.3, -0.25) is 0 Å². The second kappa shape index (κ2) is 7.07. The fourth-order valence-electron chi connectivity index (χ4n) is 2.95. The minimum Gasteiger partial charge on any atom is -0.485 e. The van der Waals surface area contributed by atoms with Gasteiger partial charge in [0.05, 0.1) is 25.5 Å². The topological polar surface area (TPSA) is 65.8 Å². The van der Waals surface area contributed by atoms with E-state index in [4.69, 9.17) is 19.2 Å². The molecule has 2 heterocycles. The van der Waals surface area contributed by atoms with E-state index >= 15 is 0 Å². The molecule has 0 N–H and O–H groups in total. The molecule has 0 bridgehead atoms. The Hall–Kier alpha value is -3.41. The largest absolute Gasteiger partial charge is 0.485 e. The molecule has 2 aromatic carbocycles. The lowest BCUT2D eigenvalue weighted by atomic mass is 10.0. The molecule has 1 aliphatic rings. The van der Waals surface area contributed by atoms with Crippen molar-refractivity contribution < 1.29 is 14.2 Å². The van der Waals surface area contributed by atoms with Crippen molar-refractivity contribution in [2.45, 2.75) is 6.92 Å². The normalized spacial score (nSPS) is 12.6. The van der Waals surface area contributed by atoms with Gasteiger partial charge in [-0.25, -0.2) is 9.98 Å². The number of aliphatic imine (C=N–C) groups is 1. The molecule has 6 heteroatoms. The third-order valence-electron chi connectivity index (χ3n) is 4.37. The van der Waals surface area contributed by atoms with Gasteiger partial charge in [-0.1, -0.05) is 30.3 Å². The number of hydrogen-bond acceptors (Lipinski definition) is 6. The van der Waals surface area contributed by atoms with Crippen LogP contribution in [0.1, 0.15) is 11.1 Å². The maximum atomic E-state index is 5.84. The van der Waals surface area contributed by atoms with Crippen LogP contribution < -0.4 is 14.2 Å². The number of aryl methyl sites for hydroxylation is 1. The minimum atomic E-state index is 0.273. The van der Waals surface area contributed by atoms with Crippen LogP contribution in [0.4, 0.5) is 5.69 Å². The van der Waals surface area contributed by atoms with Gasteiger partial charge in [0.1, 0.15) is 18.0 Å². The molecule has 0 unspecified atom stereocenters. The molecule has 0 saturated heterocycles. The summed E-state index contributed by atoms with van der Waals surface area (Å²) in [5.74, 6) is 1.29. The second-order valence-corrected chi connectivity index (χ2v) is 6.18. The first-order valence-electron chi connectivity index (χ1n) is 8.55. The molecule has 0 spiro atoms. The smallest absolute Gasteiger partial charge is 0.319 e. The van der Waals surface area contributed by atoms with Crippen molar-refractivity contribution in [1.82, 2.24) is 9.97 Å². The Morgan fingerprint density at radius 1 is 0.963 bits per heavy atom. The molecular formula is C21H19N3O3. The highest BCUT2D eigenvalue weighted by molar-refractivity contribution is 6.04. The number of benzene rings is 2. The van der Waals surface area contributed by atoms with E-state index in [-0.39, 0.29) is 6.01 Å². The highest BCUT2D eigenvalue weighted by Gasteiger charge is 2.16. The van der Waals surface area contributed by atoms with E-state index in [1.54, 1.807) is 13.3 Å². The number of hydrogen-bond donors (Lipinski definition) is 0. The van der Waals surface area contributed by atoms with Gasteiger partial charge < -0.3 is 14.2 Å². The molecule has 0 aliphatic carbocycles. The SMILES string of the molecule is COc1ncc(-c2ccc(C3=Nc4cc(C)ccc4OC3)cc2)c(OC)n1. The number of fused-ring (bicyclic) bond motifs is 1. The molecule has 3 aromatic rings. The van der Waals surface area contributed by atoms with Crippen LogP contribution >= 0.6 is 0 Å². The van der Waals surface area contributed by atoms with Crippen LogP contribution in [0.3, 0.4) is 0 Å². The van der Waals surface area contributed by atoms with E-state index in [1.165, 1.54) is 7.11 Å². The van der Waals surface area contributed by atoms with Crippen molar-refractivity contribution in [2.24, 2.45) is 4.99 Å². The molecule has 4 rings (SSSR count). The zero-order chi connectivity index (χ0) is 18.8. The number of nitrogens with zero attached hydrogens (tertiary/aromatic N) is 3. The summed E-state index contributed by atoms with van der Waals surface area (Å²) in [6.07, 6.45) is 1.69. The lowest BCUT2D eigenvalue weighted by Crippen LogP contribution is -2.16. The van der Waals surface area contributed by atoms with Gasteiger partial charge in [0.25, 0.3) is 0 Å². The predicted molar refractivity (Wildman–Crippen MR) is 103 cm³/mol. The van der Waals surface area contributed by atoms with Gasteiger partial charge in [-0.2, -0.15) is 4.98 Å². The van der Waals surface area contributed by atoms with Crippen molar-refractivity contribution in [3.05, 3.63) is 59.8 Å². The Morgan fingerprint density at radius 3 is 2.48 bits per heavy atom. The highest BCUT2D eigenvalue weighted by Crippen LogP contribution is 2.33. The van der Waals surface area contributed by atoms with Gasteiger partial charge in [0.2, 0.25) is 5.88 Å². The lowest BCUT2D eigenvalue weighted by molar-refractivity contribution is 0.353. The van der Waals surface area contributed by atoms with Crippen LogP contribution in [0.15, 0.2) is 53.7 Å². The van der Waals surface area contributed by atoms with Gasteiger partial charge in [-0.05, 0) is 35.7 Å². The molecule has 0 atom stereocenters. The molecule has 136 valence electrons. The zero-order valence-electron chi connectivity index (χ0n) is 15.4. The summed E-state index contributed by atoms with van der Waals surface area (Å²) in [5.41, 5.74) is 5.69. The number of rotatable bonds is 4. The first-order valence-corrected chi connectivity index (χ1v) is 8.55. The Balaban J connectivity index is 1.65. The van der Waals surface area contributed by atoms with Crippen molar-refractivity contribution in [3.63, 3.8) is 0 Å². The Labute approximate surface area is 157 Å². The van der Waals surface area contributed by atoms with Crippen LogP contribution in [-0.4, -0.2) is 36.5 Å². The van der Waals surface area contributed by atoms with Gasteiger partial charge in [0.15, 0.2) is 0 Å². The Morgan fingerprint density at radius 2 is 1.74 bits per heavy atom. The summed E-state index contributed by atoms with van der Waals surface area (Å²) in [6.45, 7) is 2.49. The lowest BCUT2D eigenvalue weighted by Gasteiger charge is -2.17. The van der Waals surface area contributed by atoms with Crippen LogP contribution in [0.2, 0.25) is 0 Å². The van der Waals surface area contributed by atoms with Crippen molar-refractivity contribution >= 4 is 11.4 Å². The van der Waals surface area contributed by atoms with E-state index in [2.05, 4.69) is 9.97 Å². The third kappa shape index (κ3) is 3.33. The summed E-state index contributed by atoms with van der Waals surface area (Å²) in [4.78, 5) is 13.2. The Bertz CT molecular complexity index is 1010. The maximum Gasteiger partial charge on any atom is 0.319 e. The first kappa shape index (κ1) is 17.0. The maximum absolute atomic E-state index is 5.84. The molecule has 6 nitrogen and oxygen atoms in total. The second-order valence-electron chi connectivity index (χ2n) is 6.18. The van der Waals surface area contributed by atoms with E-state index < -0.39 is 0 Å². The van der Waals surface area contributed by atoms with Crippen LogP contribution in [0, 0.1) is 6.92 Å². The summed E-state index contributed by atoms with van der Waals surface area (Å²) in [7, 11) is 3.10. The number of aromatic nitrogens is 2. The average molecular weight is 361 g/mol. The van der Waals surface area contributed by atoms with Crippen LogP contribution in [0.25, 0.3) is 11.1 Å². The number of ether oxygens (including phenoxy) is 3. The average Bonchev–Trinajstić information content (AvgIpc) is 2.72. The summed E-state index contributed by atoms with van der Waals surface area (Å²) >= 11 is 0. The highest BCUT2D eigenvalue weighted by atomic mass is 16.5. The third-order valence-corrected chi connectivity index (χ3v) is 4.37. The molecule has 0 radical (unpaired) electrons. The fourth-order valence-corrected chi connectivity index (χ4v) is 2.95. The van der Waals surface area contributed by atoms with E-state index in [0.29, 0.717) is 12.5 Å². The summed E-state index contributed by atoms with van der Waals surface area (Å²) < 4.78 is 16.3. The standard InChI is InChI=1S/C21H19N3O3/c1-13-4-9-19-17(10-13)23-18(12-27-19)15-7-5-14(6-8-15)16-11-22-21(26-3)24-20(16)25-2/h4-11H,12H2,1-3H3. The summed E-state index contributed by atoms with van der Waals surface area (Å²) in [6, 6.07) is 14.3. The molecule has 1 aliphatic heterocycles. The molecular weight excluding hydrogens is 342 g/mol.